The van der Waals surface area contributed by atoms with E-state index in [1.807, 2.05) is 6.92 Å². The summed E-state index contributed by atoms with van der Waals surface area (Å²) in [6.45, 7) is 5.14. The second kappa shape index (κ2) is 4.72. The van der Waals surface area contributed by atoms with Crippen molar-refractivity contribution in [3.05, 3.63) is 0 Å². The van der Waals surface area contributed by atoms with Gasteiger partial charge < -0.3 is 9.64 Å². The molecule has 0 aromatic carbocycles. The fraction of sp³-hybridized carbons (Fsp3) is 0.882. The van der Waals surface area contributed by atoms with E-state index in [4.69, 9.17) is 4.74 Å². The van der Waals surface area contributed by atoms with Crippen LogP contribution >= 0.6 is 0 Å². The van der Waals surface area contributed by atoms with Crippen LogP contribution in [-0.4, -0.2) is 35.5 Å². The SMILES string of the molecule is CC[C@@H]1[C@H]2CCCCN3C(=O)C[C@H](C4C(C)C(=O)O[C@H]41)[C@@H]23. The quantitative estimate of drug-likeness (QED) is 0.696. The molecule has 3 aliphatic heterocycles. The minimum Gasteiger partial charge on any atom is -0.462 e. The van der Waals surface area contributed by atoms with Crippen molar-refractivity contribution in [1.82, 2.24) is 4.90 Å². The second-order valence-corrected chi connectivity index (χ2v) is 7.44. The van der Waals surface area contributed by atoms with E-state index in [-0.39, 0.29) is 23.9 Å². The zero-order chi connectivity index (χ0) is 14.7. The number of ether oxygens (including phenoxy) is 1. The van der Waals surface area contributed by atoms with Crippen LogP contribution in [0.1, 0.15) is 46.0 Å². The predicted octanol–water partition coefficient (Wildman–Crippen LogP) is 2.22. The summed E-state index contributed by atoms with van der Waals surface area (Å²) >= 11 is 0. The van der Waals surface area contributed by atoms with Crippen molar-refractivity contribution >= 4 is 11.9 Å². The lowest BCUT2D eigenvalue weighted by atomic mass is 9.60. The molecule has 1 aliphatic carbocycles. The Kier molecular flexibility index (Phi) is 3.05. The molecule has 2 unspecified atom stereocenters. The number of carbonyl (C=O) groups excluding carboxylic acids is 2. The molecule has 4 rings (SSSR count). The van der Waals surface area contributed by atoms with Gasteiger partial charge in [-0.15, -0.1) is 0 Å². The second-order valence-electron chi connectivity index (χ2n) is 7.44. The summed E-state index contributed by atoms with van der Waals surface area (Å²) in [5.41, 5.74) is 0. The van der Waals surface area contributed by atoms with E-state index in [1.165, 1.54) is 12.8 Å². The van der Waals surface area contributed by atoms with E-state index < -0.39 is 0 Å². The molecule has 0 spiro atoms. The topological polar surface area (TPSA) is 46.6 Å². The molecular formula is C17H25NO3. The number of nitrogens with zero attached hydrogens (tertiary/aromatic N) is 1. The highest BCUT2D eigenvalue weighted by atomic mass is 16.6. The van der Waals surface area contributed by atoms with Crippen LogP contribution in [0.25, 0.3) is 0 Å². The van der Waals surface area contributed by atoms with Gasteiger partial charge in [0.2, 0.25) is 5.91 Å². The van der Waals surface area contributed by atoms with Gasteiger partial charge in [-0.3, -0.25) is 9.59 Å². The molecule has 116 valence electrons. The Hall–Kier alpha value is -1.06. The number of esters is 1. The number of hydrogen-bond acceptors (Lipinski definition) is 3. The molecule has 4 nitrogen and oxygen atoms in total. The third-order valence-electron chi connectivity index (χ3n) is 6.67. The minimum atomic E-state index is -0.0363. The highest BCUT2D eigenvalue weighted by Gasteiger charge is 2.62. The number of rotatable bonds is 1. The fourth-order valence-corrected chi connectivity index (χ4v) is 5.85. The number of amides is 1. The Morgan fingerprint density at radius 3 is 2.81 bits per heavy atom. The van der Waals surface area contributed by atoms with E-state index in [1.54, 1.807) is 0 Å². The van der Waals surface area contributed by atoms with E-state index in [0.29, 0.717) is 36.1 Å². The third kappa shape index (κ3) is 1.74. The summed E-state index contributed by atoms with van der Waals surface area (Å²) in [5, 5.41) is 0. The van der Waals surface area contributed by atoms with Gasteiger partial charge in [0.1, 0.15) is 6.10 Å². The van der Waals surface area contributed by atoms with Gasteiger partial charge in [0.15, 0.2) is 0 Å². The maximum atomic E-state index is 12.5. The first-order chi connectivity index (χ1) is 10.1. The molecule has 0 bridgehead atoms. The highest BCUT2D eigenvalue weighted by molar-refractivity contribution is 5.81. The Morgan fingerprint density at radius 2 is 2.05 bits per heavy atom. The normalized spacial score (nSPS) is 48.7. The molecule has 4 aliphatic rings. The van der Waals surface area contributed by atoms with Gasteiger partial charge in [0.05, 0.1) is 5.92 Å². The lowest BCUT2D eigenvalue weighted by Crippen LogP contribution is -2.53. The van der Waals surface area contributed by atoms with Crippen LogP contribution in [0, 0.1) is 29.6 Å². The third-order valence-corrected chi connectivity index (χ3v) is 6.67. The summed E-state index contributed by atoms with van der Waals surface area (Å²) in [4.78, 5) is 26.8. The monoisotopic (exact) mass is 291 g/mol. The molecule has 3 heterocycles. The number of hydrogen-bond donors (Lipinski definition) is 0. The molecule has 1 saturated carbocycles. The van der Waals surface area contributed by atoms with Crippen molar-refractivity contribution in [3.63, 3.8) is 0 Å². The van der Waals surface area contributed by atoms with E-state index in [2.05, 4.69) is 11.8 Å². The lowest BCUT2D eigenvalue weighted by molar-refractivity contribution is -0.148. The summed E-state index contributed by atoms with van der Waals surface area (Å²) in [5.74, 6) is 1.83. The lowest BCUT2D eigenvalue weighted by Gasteiger charge is -2.47. The minimum absolute atomic E-state index is 0.0361. The van der Waals surface area contributed by atoms with Crippen molar-refractivity contribution in [2.24, 2.45) is 29.6 Å². The molecular weight excluding hydrogens is 266 g/mol. The van der Waals surface area contributed by atoms with Gasteiger partial charge in [-0.1, -0.05) is 20.3 Å². The standard InChI is InChI=1S/C17H25NO3/c1-3-10-11-6-4-5-7-18-13(19)8-12(15(11)18)14-9(2)17(20)21-16(10)14/h9-12,14-16H,3-8H2,1-2H3/t9?,10-,11-,12-,14?,15-,16+/m1/s1. The molecule has 7 atom stereocenters. The molecule has 0 N–H and O–H groups in total. The van der Waals surface area contributed by atoms with Gasteiger partial charge in [0, 0.05) is 30.8 Å². The fourth-order valence-electron chi connectivity index (χ4n) is 5.85. The van der Waals surface area contributed by atoms with E-state index in [9.17, 15) is 9.59 Å². The molecule has 1 amide bonds. The van der Waals surface area contributed by atoms with E-state index >= 15 is 0 Å². The van der Waals surface area contributed by atoms with E-state index in [0.717, 1.165) is 19.4 Å². The van der Waals surface area contributed by atoms with Crippen LogP contribution in [0.5, 0.6) is 0 Å². The van der Waals surface area contributed by atoms with Crippen LogP contribution in [0.15, 0.2) is 0 Å². The zero-order valence-corrected chi connectivity index (χ0v) is 13.0. The van der Waals surface area contributed by atoms with Gasteiger partial charge >= 0.3 is 5.97 Å². The molecule has 0 aromatic rings. The first-order valence-corrected chi connectivity index (χ1v) is 8.63. The molecule has 21 heavy (non-hydrogen) atoms. The van der Waals surface area contributed by atoms with Crippen LogP contribution in [-0.2, 0) is 14.3 Å². The highest BCUT2D eigenvalue weighted by Crippen LogP contribution is 2.55. The summed E-state index contributed by atoms with van der Waals surface area (Å²) in [6.07, 6.45) is 5.28. The van der Waals surface area contributed by atoms with Crippen LogP contribution in [0.2, 0.25) is 0 Å². The smallest absolute Gasteiger partial charge is 0.309 e. The predicted molar refractivity (Wildman–Crippen MR) is 77.3 cm³/mol. The Morgan fingerprint density at radius 1 is 1.24 bits per heavy atom. The summed E-state index contributed by atoms with van der Waals surface area (Å²) in [6, 6.07) is 0.378. The first kappa shape index (κ1) is 13.6. The maximum Gasteiger partial charge on any atom is 0.309 e. The van der Waals surface area contributed by atoms with Crippen molar-refractivity contribution in [3.8, 4) is 0 Å². The maximum absolute atomic E-state index is 12.5. The van der Waals surface area contributed by atoms with Gasteiger partial charge in [0.25, 0.3) is 0 Å². The number of fused-ring (bicyclic) bond motifs is 2. The molecule has 4 heteroatoms. The zero-order valence-electron chi connectivity index (χ0n) is 13.0. The molecule has 3 saturated heterocycles. The summed E-state index contributed by atoms with van der Waals surface area (Å²) < 4.78 is 5.79. The molecule has 0 aromatic heterocycles. The van der Waals surface area contributed by atoms with Gasteiger partial charge in [-0.25, -0.2) is 0 Å². The average molecular weight is 291 g/mol. The van der Waals surface area contributed by atoms with Crippen LogP contribution in [0.4, 0.5) is 0 Å². The van der Waals surface area contributed by atoms with Gasteiger partial charge in [-0.05, 0) is 31.1 Å². The Balaban J connectivity index is 1.77. The van der Waals surface area contributed by atoms with Crippen molar-refractivity contribution in [2.45, 2.75) is 58.1 Å². The average Bonchev–Trinajstić information content (AvgIpc) is 2.82. The van der Waals surface area contributed by atoms with Crippen molar-refractivity contribution < 1.29 is 14.3 Å². The Bertz CT molecular complexity index is 477. The van der Waals surface area contributed by atoms with Gasteiger partial charge in [-0.2, -0.15) is 0 Å². The van der Waals surface area contributed by atoms with Crippen LogP contribution < -0.4 is 0 Å². The Labute approximate surface area is 126 Å². The van der Waals surface area contributed by atoms with Crippen molar-refractivity contribution in [1.29, 1.82) is 0 Å². The largest absolute Gasteiger partial charge is 0.462 e. The molecule has 4 fully saturated rings. The molecule has 0 radical (unpaired) electrons. The van der Waals surface area contributed by atoms with Crippen LogP contribution in [0.3, 0.4) is 0 Å². The first-order valence-electron chi connectivity index (χ1n) is 8.63. The number of carbonyl (C=O) groups is 2. The van der Waals surface area contributed by atoms with Crippen molar-refractivity contribution in [2.75, 3.05) is 6.54 Å². The summed E-state index contributed by atoms with van der Waals surface area (Å²) in [7, 11) is 0.